The Labute approximate surface area is 127 Å². The fraction of sp³-hybridized carbons (Fsp3) is 0.588. The van der Waals surface area contributed by atoms with Gasteiger partial charge in [-0.15, -0.1) is 0 Å². The Balaban J connectivity index is 1.74. The van der Waals surface area contributed by atoms with E-state index in [1.165, 1.54) is 5.56 Å². The van der Waals surface area contributed by atoms with E-state index >= 15 is 0 Å². The minimum Gasteiger partial charge on any atom is -0.493 e. The molecule has 1 aliphatic rings. The third kappa shape index (κ3) is 4.46. The first-order valence-corrected chi connectivity index (χ1v) is 7.72. The van der Waals surface area contributed by atoms with Crippen LogP contribution in [0.4, 0.5) is 0 Å². The molecule has 4 nitrogen and oxygen atoms in total. The summed E-state index contributed by atoms with van der Waals surface area (Å²) in [5.41, 5.74) is 2.35. The van der Waals surface area contributed by atoms with Gasteiger partial charge in [-0.2, -0.15) is 0 Å². The highest BCUT2D eigenvalue weighted by molar-refractivity contribution is 5.76. The molecule has 1 N–H and O–H groups in total. The van der Waals surface area contributed by atoms with Gasteiger partial charge in [-0.1, -0.05) is 17.7 Å². The molecule has 0 spiro atoms. The molecule has 21 heavy (non-hydrogen) atoms. The van der Waals surface area contributed by atoms with Crippen LogP contribution >= 0.6 is 0 Å². The molecule has 2 rings (SSSR count). The molecule has 1 aliphatic heterocycles. The van der Waals surface area contributed by atoms with Gasteiger partial charge in [0.1, 0.15) is 5.75 Å². The lowest BCUT2D eigenvalue weighted by molar-refractivity contribution is -0.130. The Hall–Kier alpha value is -1.55. The molecule has 1 saturated heterocycles. The van der Waals surface area contributed by atoms with E-state index in [2.05, 4.69) is 18.3 Å². The van der Waals surface area contributed by atoms with Crippen molar-refractivity contribution in [3.63, 3.8) is 0 Å². The minimum atomic E-state index is 0.207. The summed E-state index contributed by atoms with van der Waals surface area (Å²) in [6, 6.07) is 6.11. The molecule has 1 aromatic rings. The van der Waals surface area contributed by atoms with Crippen molar-refractivity contribution in [3.8, 4) is 5.75 Å². The second-order valence-electron chi connectivity index (χ2n) is 5.92. The van der Waals surface area contributed by atoms with Crippen LogP contribution < -0.4 is 10.1 Å². The number of benzene rings is 1. The maximum Gasteiger partial charge on any atom is 0.226 e. The van der Waals surface area contributed by atoms with E-state index in [4.69, 9.17) is 4.74 Å². The van der Waals surface area contributed by atoms with Gasteiger partial charge in [-0.25, -0.2) is 0 Å². The van der Waals surface area contributed by atoms with Crippen molar-refractivity contribution in [2.45, 2.75) is 26.7 Å². The Morgan fingerprint density at radius 3 is 2.95 bits per heavy atom. The van der Waals surface area contributed by atoms with Crippen molar-refractivity contribution in [2.24, 2.45) is 5.92 Å². The molecule has 4 heteroatoms. The standard InChI is InChI=1S/C17H26N2O2/c1-13-4-5-16(14(2)10-13)21-9-7-17(20)19-8-6-15(12-19)11-18-3/h4-5,10,15,18H,6-9,11-12H2,1-3H3/t15-/m0/s1. The summed E-state index contributed by atoms with van der Waals surface area (Å²) in [4.78, 5) is 14.1. The number of ether oxygens (including phenoxy) is 1. The lowest BCUT2D eigenvalue weighted by Gasteiger charge is -2.17. The summed E-state index contributed by atoms with van der Waals surface area (Å²) in [5, 5.41) is 3.18. The summed E-state index contributed by atoms with van der Waals surface area (Å²) in [5.74, 6) is 1.68. The van der Waals surface area contributed by atoms with Crippen LogP contribution in [0.15, 0.2) is 18.2 Å². The summed E-state index contributed by atoms with van der Waals surface area (Å²) >= 11 is 0. The molecule has 0 bridgehead atoms. The van der Waals surface area contributed by atoms with E-state index in [0.717, 1.165) is 37.4 Å². The minimum absolute atomic E-state index is 0.207. The number of hydrogen-bond donors (Lipinski definition) is 1. The van der Waals surface area contributed by atoms with Crippen molar-refractivity contribution >= 4 is 5.91 Å². The maximum absolute atomic E-state index is 12.1. The molecule has 116 valence electrons. The van der Waals surface area contributed by atoms with Crippen LogP contribution in [0.3, 0.4) is 0 Å². The number of nitrogens with zero attached hydrogens (tertiary/aromatic N) is 1. The molecule has 0 aliphatic carbocycles. The van der Waals surface area contributed by atoms with Gasteiger partial charge in [0, 0.05) is 13.1 Å². The van der Waals surface area contributed by atoms with Crippen molar-refractivity contribution < 1.29 is 9.53 Å². The predicted octanol–water partition coefficient (Wildman–Crippen LogP) is 2.14. The van der Waals surface area contributed by atoms with E-state index in [-0.39, 0.29) is 5.91 Å². The summed E-state index contributed by atoms with van der Waals surface area (Å²) < 4.78 is 5.74. The van der Waals surface area contributed by atoms with Gasteiger partial charge < -0.3 is 15.0 Å². The van der Waals surface area contributed by atoms with E-state index in [0.29, 0.717) is 18.9 Å². The Kier molecular flexibility index (Phi) is 5.62. The smallest absolute Gasteiger partial charge is 0.226 e. The molecule has 1 amide bonds. The molecule has 0 radical (unpaired) electrons. The van der Waals surface area contributed by atoms with Crippen molar-refractivity contribution in [1.29, 1.82) is 0 Å². The lowest BCUT2D eigenvalue weighted by Crippen LogP contribution is -2.31. The van der Waals surface area contributed by atoms with Crippen LogP contribution in [0, 0.1) is 19.8 Å². The number of likely N-dealkylation sites (tertiary alicyclic amines) is 1. The molecule has 0 unspecified atom stereocenters. The van der Waals surface area contributed by atoms with Gasteiger partial charge in [0.05, 0.1) is 13.0 Å². The molecular weight excluding hydrogens is 264 g/mol. The van der Waals surface area contributed by atoms with Crippen LogP contribution in [0.1, 0.15) is 24.0 Å². The van der Waals surface area contributed by atoms with Crippen molar-refractivity contribution in [3.05, 3.63) is 29.3 Å². The summed E-state index contributed by atoms with van der Waals surface area (Å²) in [7, 11) is 1.96. The zero-order chi connectivity index (χ0) is 15.2. The van der Waals surface area contributed by atoms with E-state index in [1.54, 1.807) is 0 Å². The molecule has 1 heterocycles. The first kappa shape index (κ1) is 15.8. The summed E-state index contributed by atoms with van der Waals surface area (Å²) in [6.45, 7) is 7.30. The van der Waals surface area contributed by atoms with Gasteiger partial charge in [-0.3, -0.25) is 4.79 Å². The second-order valence-corrected chi connectivity index (χ2v) is 5.92. The second kappa shape index (κ2) is 7.46. The Morgan fingerprint density at radius 1 is 1.43 bits per heavy atom. The first-order chi connectivity index (χ1) is 10.1. The number of rotatable bonds is 6. The molecular formula is C17H26N2O2. The van der Waals surface area contributed by atoms with Gasteiger partial charge in [0.15, 0.2) is 0 Å². The highest BCUT2D eigenvalue weighted by atomic mass is 16.5. The molecule has 1 aromatic carbocycles. The third-order valence-corrected chi connectivity index (χ3v) is 4.04. The normalized spacial score (nSPS) is 18.0. The first-order valence-electron chi connectivity index (χ1n) is 7.72. The number of aryl methyl sites for hydroxylation is 2. The van der Waals surface area contributed by atoms with Crippen molar-refractivity contribution in [1.82, 2.24) is 10.2 Å². The van der Waals surface area contributed by atoms with Gasteiger partial charge in [0.25, 0.3) is 0 Å². The SMILES string of the molecule is CNC[C@@H]1CCN(C(=O)CCOc2ccc(C)cc2C)C1. The van der Waals surface area contributed by atoms with Crippen LogP contribution in [0.2, 0.25) is 0 Å². The zero-order valence-electron chi connectivity index (χ0n) is 13.3. The van der Waals surface area contributed by atoms with E-state index in [1.807, 2.05) is 31.0 Å². The molecule has 1 atom stereocenters. The molecule has 0 saturated carbocycles. The number of carbonyl (C=O) groups is 1. The van der Waals surface area contributed by atoms with E-state index < -0.39 is 0 Å². The average molecular weight is 290 g/mol. The average Bonchev–Trinajstić information content (AvgIpc) is 2.90. The fourth-order valence-electron chi connectivity index (χ4n) is 2.88. The van der Waals surface area contributed by atoms with Crippen LogP contribution in [0.5, 0.6) is 5.75 Å². The van der Waals surface area contributed by atoms with Crippen LogP contribution in [-0.4, -0.2) is 44.1 Å². The number of nitrogens with one attached hydrogen (secondary N) is 1. The third-order valence-electron chi connectivity index (χ3n) is 4.04. The highest BCUT2D eigenvalue weighted by Crippen LogP contribution is 2.20. The number of amides is 1. The van der Waals surface area contributed by atoms with Crippen molar-refractivity contribution in [2.75, 3.05) is 33.3 Å². The quantitative estimate of drug-likeness (QED) is 0.873. The zero-order valence-corrected chi connectivity index (χ0v) is 13.3. The van der Waals surface area contributed by atoms with E-state index in [9.17, 15) is 4.79 Å². The Morgan fingerprint density at radius 2 is 2.24 bits per heavy atom. The largest absolute Gasteiger partial charge is 0.493 e. The summed E-state index contributed by atoms with van der Waals surface area (Å²) in [6.07, 6.45) is 1.56. The fourth-order valence-corrected chi connectivity index (χ4v) is 2.88. The molecule has 0 aromatic heterocycles. The predicted molar refractivity (Wildman–Crippen MR) is 84.6 cm³/mol. The Bertz CT molecular complexity index is 488. The monoisotopic (exact) mass is 290 g/mol. The van der Waals surface area contributed by atoms with Gasteiger partial charge in [-0.05, 0) is 51.4 Å². The van der Waals surface area contributed by atoms with Gasteiger partial charge in [0.2, 0.25) is 5.91 Å². The van der Waals surface area contributed by atoms with Crippen LogP contribution in [-0.2, 0) is 4.79 Å². The number of carbonyl (C=O) groups excluding carboxylic acids is 1. The topological polar surface area (TPSA) is 41.6 Å². The highest BCUT2D eigenvalue weighted by Gasteiger charge is 2.25. The maximum atomic E-state index is 12.1. The lowest BCUT2D eigenvalue weighted by atomic mass is 10.1. The molecule has 1 fully saturated rings. The number of hydrogen-bond acceptors (Lipinski definition) is 3. The van der Waals surface area contributed by atoms with Crippen LogP contribution in [0.25, 0.3) is 0 Å². The van der Waals surface area contributed by atoms with Gasteiger partial charge >= 0.3 is 0 Å².